The average molecular weight is 811 g/mol. The molecule has 2 aliphatic rings. The first-order chi connectivity index (χ1) is 28.5. The summed E-state index contributed by atoms with van der Waals surface area (Å²) in [6.45, 7) is 15.7. The Morgan fingerprint density at radius 1 is 0.746 bits per heavy atom. The molecule has 0 saturated heterocycles. The minimum Gasteiger partial charge on any atom is -0.493 e. The molecule has 1 saturated carbocycles. The van der Waals surface area contributed by atoms with Crippen molar-refractivity contribution < 1.29 is 34.0 Å². The summed E-state index contributed by atoms with van der Waals surface area (Å²) in [5.41, 5.74) is 7.08. The largest absolute Gasteiger partial charge is 0.493 e. The third kappa shape index (κ3) is 14.9. The number of unbranched alkanes of at least 4 members (excludes halogenated alkanes) is 3. The molecule has 59 heavy (non-hydrogen) atoms. The monoisotopic (exact) mass is 811 g/mol. The topological polar surface area (TPSA) is 102 Å². The molecule has 2 aromatic carbocycles. The van der Waals surface area contributed by atoms with E-state index in [1.165, 1.54) is 62.5 Å². The predicted molar refractivity (Wildman–Crippen MR) is 240 cm³/mol. The smallest absolute Gasteiger partial charge is 0.333 e. The molecule has 2 aliphatic carbocycles. The van der Waals surface area contributed by atoms with Gasteiger partial charge in [0.05, 0.1) is 33.0 Å². The normalized spacial score (nSPS) is 17.9. The van der Waals surface area contributed by atoms with Gasteiger partial charge in [-0.1, -0.05) is 108 Å². The van der Waals surface area contributed by atoms with Crippen LogP contribution in [0.4, 0.5) is 0 Å². The third-order valence-corrected chi connectivity index (χ3v) is 12.5. The molecule has 2 N–H and O–H groups in total. The van der Waals surface area contributed by atoms with E-state index in [0.29, 0.717) is 68.1 Å². The standard InChI is InChI=1S/C52H74O7/c1-7-9-11-14-40-17-19-41(20-18-40)42-21-23-43(24-22-42)44-25-27-45(28-26-44)48-34-46(15-12-31-58-50(55)38(3)4)49(47(35-48)16-13-32-59-51(56)39(5)6)57-33-30-52(36-53,37-54)29-10-8-2/h21-23,25-28,34-35,40-41,43,53-54H,3,5,7-20,24,29-33,36-37H2,1-2,4,6H3. The van der Waals surface area contributed by atoms with E-state index >= 15 is 0 Å². The Morgan fingerprint density at radius 2 is 1.34 bits per heavy atom. The molecular weight excluding hydrogens is 737 g/mol. The number of aryl methyl sites for hydroxylation is 2. The zero-order chi connectivity index (χ0) is 42.6. The molecule has 2 aromatic rings. The molecule has 1 atom stereocenters. The van der Waals surface area contributed by atoms with Gasteiger partial charge in [-0.05, 0) is 142 Å². The van der Waals surface area contributed by atoms with E-state index in [1.54, 1.807) is 13.8 Å². The van der Waals surface area contributed by atoms with Gasteiger partial charge in [0.15, 0.2) is 0 Å². The first kappa shape index (κ1) is 47.7. The maximum Gasteiger partial charge on any atom is 0.333 e. The molecule has 0 aromatic heterocycles. The van der Waals surface area contributed by atoms with Crippen LogP contribution in [0, 0.1) is 17.3 Å². The highest BCUT2D eigenvalue weighted by molar-refractivity contribution is 5.87. The highest BCUT2D eigenvalue weighted by Crippen LogP contribution is 2.40. The molecule has 324 valence electrons. The number of rotatable bonds is 26. The van der Waals surface area contributed by atoms with Gasteiger partial charge in [-0.3, -0.25) is 0 Å². The summed E-state index contributed by atoms with van der Waals surface area (Å²) in [4.78, 5) is 24.3. The summed E-state index contributed by atoms with van der Waals surface area (Å²) in [6, 6.07) is 13.3. The lowest BCUT2D eigenvalue weighted by molar-refractivity contribution is -0.139. The maximum atomic E-state index is 12.2. The van der Waals surface area contributed by atoms with Gasteiger partial charge in [0.2, 0.25) is 0 Å². The number of carbonyl (C=O) groups excluding carboxylic acids is 2. The van der Waals surface area contributed by atoms with Crippen LogP contribution in [-0.2, 0) is 31.9 Å². The Hall–Kier alpha value is -3.94. The van der Waals surface area contributed by atoms with Crippen molar-refractivity contribution in [3.05, 3.63) is 101 Å². The molecule has 7 heteroatoms. The number of esters is 2. The molecule has 1 unspecified atom stereocenters. The van der Waals surface area contributed by atoms with Crippen molar-refractivity contribution in [2.24, 2.45) is 17.3 Å². The fourth-order valence-electron chi connectivity index (χ4n) is 8.57. The molecule has 0 heterocycles. The van der Waals surface area contributed by atoms with Crippen LogP contribution in [0.5, 0.6) is 5.75 Å². The Balaban J connectivity index is 1.55. The molecule has 0 spiro atoms. The number of hydrogen-bond acceptors (Lipinski definition) is 7. The van der Waals surface area contributed by atoms with Crippen molar-refractivity contribution in [2.45, 2.75) is 143 Å². The first-order valence-corrected chi connectivity index (χ1v) is 22.7. The van der Waals surface area contributed by atoms with Crippen molar-refractivity contribution in [3.8, 4) is 16.9 Å². The average Bonchev–Trinajstić information content (AvgIpc) is 3.25. The molecule has 4 rings (SSSR count). The van der Waals surface area contributed by atoms with E-state index < -0.39 is 17.4 Å². The fraction of sp³-hybridized carbons (Fsp3) is 0.577. The minimum absolute atomic E-state index is 0.113. The summed E-state index contributed by atoms with van der Waals surface area (Å²) >= 11 is 0. The second-order valence-electron chi connectivity index (χ2n) is 17.4. The highest BCUT2D eigenvalue weighted by Gasteiger charge is 2.29. The van der Waals surface area contributed by atoms with Crippen LogP contribution in [0.15, 0.2) is 84.5 Å². The number of carbonyl (C=O) groups is 2. The van der Waals surface area contributed by atoms with Crippen LogP contribution in [0.1, 0.15) is 147 Å². The molecule has 0 radical (unpaired) electrons. The van der Waals surface area contributed by atoms with E-state index in [4.69, 9.17) is 14.2 Å². The van der Waals surface area contributed by atoms with Crippen LogP contribution in [0.25, 0.3) is 11.1 Å². The lowest BCUT2D eigenvalue weighted by Crippen LogP contribution is -2.32. The van der Waals surface area contributed by atoms with E-state index in [2.05, 4.69) is 81.6 Å². The Labute approximate surface area is 356 Å². The molecule has 7 nitrogen and oxygen atoms in total. The van der Waals surface area contributed by atoms with Crippen LogP contribution in [-0.4, -0.2) is 55.2 Å². The second kappa shape index (κ2) is 25.0. The van der Waals surface area contributed by atoms with Gasteiger partial charge in [-0.15, -0.1) is 0 Å². The summed E-state index contributed by atoms with van der Waals surface area (Å²) in [7, 11) is 0. The van der Waals surface area contributed by atoms with Gasteiger partial charge in [0.1, 0.15) is 5.75 Å². The van der Waals surface area contributed by atoms with E-state index in [0.717, 1.165) is 53.2 Å². The number of ether oxygens (including phenoxy) is 3. The number of allylic oxidation sites excluding steroid dienone is 4. The predicted octanol–water partition coefficient (Wildman–Crippen LogP) is 11.7. The Kier molecular flexibility index (Phi) is 20.2. The van der Waals surface area contributed by atoms with Gasteiger partial charge in [-0.2, -0.15) is 0 Å². The van der Waals surface area contributed by atoms with Crippen molar-refractivity contribution >= 4 is 11.9 Å². The number of benzene rings is 2. The molecule has 0 bridgehead atoms. The summed E-state index contributed by atoms with van der Waals surface area (Å²) < 4.78 is 17.5. The highest BCUT2D eigenvalue weighted by atomic mass is 16.5. The molecule has 0 aliphatic heterocycles. The van der Waals surface area contributed by atoms with Gasteiger partial charge >= 0.3 is 11.9 Å². The quantitative estimate of drug-likeness (QED) is 0.0554. The van der Waals surface area contributed by atoms with Gasteiger partial charge in [-0.25, -0.2) is 9.59 Å². The second-order valence-corrected chi connectivity index (χ2v) is 17.4. The number of aliphatic hydroxyl groups excluding tert-OH is 2. The van der Waals surface area contributed by atoms with Gasteiger partial charge in [0.25, 0.3) is 0 Å². The van der Waals surface area contributed by atoms with Crippen LogP contribution < -0.4 is 4.74 Å². The molecular formula is C52H74O7. The molecule has 0 amide bonds. The van der Waals surface area contributed by atoms with Crippen molar-refractivity contribution in [1.82, 2.24) is 0 Å². The van der Waals surface area contributed by atoms with Crippen LogP contribution in [0.2, 0.25) is 0 Å². The van der Waals surface area contributed by atoms with Crippen molar-refractivity contribution in [3.63, 3.8) is 0 Å². The summed E-state index contributed by atoms with van der Waals surface area (Å²) in [5.74, 6) is 1.92. The van der Waals surface area contributed by atoms with Crippen molar-refractivity contribution in [2.75, 3.05) is 33.0 Å². The zero-order valence-corrected chi connectivity index (χ0v) is 36.8. The zero-order valence-electron chi connectivity index (χ0n) is 36.8. The lowest BCUT2D eigenvalue weighted by atomic mass is 9.75. The molecule has 1 fully saturated rings. The van der Waals surface area contributed by atoms with Crippen LogP contribution >= 0.6 is 0 Å². The van der Waals surface area contributed by atoms with Gasteiger partial charge in [0, 0.05) is 22.5 Å². The Bertz CT molecular complexity index is 1650. The van der Waals surface area contributed by atoms with Gasteiger partial charge < -0.3 is 24.4 Å². The number of aliphatic hydroxyl groups is 2. The fourth-order valence-corrected chi connectivity index (χ4v) is 8.57. The van der Waals surface area contributed by atoms with E-state index in [-0.39, 0.29) is 26.4 Å². The van der Waals surface area contributed by atoms with E-state index in [9.17, 15) is 19.8 Å². The lowest BCUT2D eigenvalue weighted by Gasteiger charge is -2.31. The minimum atomic E-state index is -0.622. The third-order valence-electron chi connectivity index (χ3n) is 12.5. The van der Waals surface area contributed by atoms with Crippen molar-refractivity contribution in [1.29, 1.82) is 0 Å². The maximum absolute atomic E-state index is 12.2. The number of hydrogen-bond donors (Lipinski definition) is 2. The van der Waals surface area contributed by atoms with Crippen LogP contribution in [0.3, 0.4) is 0 Å². The van der Waals surface area contributed by atoms with E-state index in [1.807, 2.05) is 0 Å². The Morgan fingerprint density at radius 3 is 1.85 bits per heavy atom. The first-order valence-electron chi connectivity index (χ1n) is 22.7. The summed E-state index contributed by atoms with van der Waals surface area (Å²) in [6.07, 6.45) is 24.7. The SMILES string of the molecule is C=C(C)C(=O)OCCCc1cc(-c2ccc(C3C=CC(C4CCC(CCCCC)CC4)=CC3)cc2)cc(CCCOC(=O)C(=C)C)c1OCCC(CO)(CO)CCCC. The summed E-state index contributed by atoms with van der Waals surface area (Å²) in [5, 5.41) is 20.6.